The third kappa shape index (κ3) is 3.47. The fourth-order valence-corrected chi connectivity index (χ4v) is 3.26. The summed E-state index contributed by atoms with van der Waals surface area (Å²) < 4.78 is 0. The lowest BCUT2D eigenvalue weighted by Gasteiger charge is -2.45. The molecular weight excluding hydrogens is 208 g/mol. The molecule has 1 fully saturated rings. The highest BCUT2D eigenvalue weighted by atomic mass is 15.2. The molecule has 1 rings (SSSR count). The van der Waals surface area contributed by atoms with Crippen LogP contribution < -0.4 is 5.32 Å². The number of nitrogens with zero attached hydrogens (tertiary/aromatic N) is 1. The number of rotatable bonds is 5. The van der Waals surface area contributed by atoms with E-state index in [9.17, 15) is 0 Å². The number of hydrogen-bond acceptors (Lipinski definition) is 2. The van der Waals surface area contributed by atoms with Crippen molar-refractivity contribution >= 4 is 0 Å². The Labute approximate surface area is 107 Å². The molecule has 0 aliphatic heterocycles. The standard InChI is InChI=1S/C15H28N2/c1-5-11-14(16-6-2)15(17(3)4)12-9-7-8-10-13-15/h1,14,16H,6-13H2,2-4H3. The summed E-state index contributed by atoms with van der Waals surface area (Å²) in [6.07, 6.45) is 14.4. The fourth-order valence-electron chi connectivity index (χ4n) is 3.26. The molecule has 0 spiro atoms. The molecule has 1 aliphatic rings. The van der Waals surface area contributed by atoms with E-state index in [4.69, 9.17) is 6.42 Å². The van der Waals surface area contributed by atoms with Crippen molar-refractivity contribution in [2.45, 2.75) is 63.5 Å². The van der Waals surface area contributed by atoms with E-state index >= 15 is 0 Å². The lowest BCUT2D eigenvalue weighted by molar-refractivity contribution is 0.0829. The Bertz CT molecular complexity index is 244. The predicted molar refractivity (Wildman–Crippen MR) is 75.0 cm³/mol. The third-order valence-corrected chi connectivity index (χ3v) is 4.28. The summed E-state index contributed by atoms with van der Waals surface area (Å²) in [6.45, 7) is 3.17. The highest BCUT2D eigenvalue weighted by Crippen LogP contribution is 2.35. The zero-order chi connectivity index (χ0) is 12.7. The molecule has 1 atom stereocenters. The molecule has 0 aromatic heterocycles. The van der Waals surface area contributed by atoms with Crippen LogP contribution in [0.1, 0.15) is 51.9 Å². The average molecular weight is 236 g/mol. The minimum Gasteiger partial charge on any atom is -0.312 e. The van der Waals surface area contributed by atoms with Gasteiger partial charge in [-0.15, -0.1) is 12.3 Å². The van der Waals surface area contributed by atoms with Gasteiger partial charge in [-0.05, 0) is 33.5 Å². The van der Waals surface area contributed by atoms with Crippen molar-refractivity contribution in [3.8, 4) is 12.3 Å². The minimum absolute atomic E-state index is 0.263. The summed E-state index contributed by atoms with van der Waals surface area (Å²) in [4.78, 5) is 2.42. The van der Waals surface area contributed by atoms with E-state index in [2.05, 4.69) is 37.2 Å². The molecule has 0 aromatic rings. The van der Waals surface area contributed by atoms with Crippen LogP contribution in [0.2, 0.25) is 0 Å². The van der Waals surface area contributed by atoms with E-state index in [0.29, 0.717) is 6.04 Å². The van der Waals surface area contributed by atoms with Gasteiger partial charge in [0.1, 0.15) is 0 Å². The first-order valence-electron chi connectivity index (χ1n) is 7.01. The largest absolute Gasteiger partial charge is 0.312 e. The molecule has 2 nitrogen and oxygen atoms in total. The Kier molecular flexibility index (Phi) is 6.02. The van der Waals surface area contributed by atoms with E-state index in [1.54, 1.807) is 0 Å². The van der Waals surface area contributed by atoms with Gasteiger partial charge in [-0.1, -0.05) is 32.6 Å². The molecule has 0 radical (unpaired) electrons. The van der Waals surface area contributed by atoms with Crippen LogP contribution in [0.3, 0.4) is 0 Å². The topological polar surface area (TPSA) is 15.3 Å². The Hall–Kier alpha value is -0.520. The summed E-state index contributed by atoms with van der Waals surface area (Å²) >= 11 is 0. The lowest BCUT2D eigenvalue weighted by Crippen LogP contribution is -2.58. The normalized spacial score (nSPS) is 21.8. The number of nitrogens with one attached hydrogen (secondary N) is 1. The molecule has 0 aromatic carbocycles. The number of hydrogen-bond donors (Lipinski definition) is 1. The van der Waals surface area contributed by atoms with E-state index in [-0.39, 0.29) is 5.54 Å². The first-order valence-corrected chi connectivity index (χ1v) is 7.01. The monoisotopic (exact) mass is 236 g/mol. The summed E-state index contributed by atoms with van der Waals surface area (Å²) in [5.74, 6) is 2.86. The SMILES string of the molecule is C#CCC(NCC)C1(N(C)C)CCCCCC1. The molecule has 17 heavy (non-hydrogen) atoms. The fraction of sp³-hybridized carbons (Fsp3) is 0.867. The Balaban J connectivity index is 2.89. The molecule has 1 N–H and O–H groups in total. The van der Waals surface area contributed by atoms with Crippen LogP contribution in [0.25, 0.3) is 0 Å². The minimum atomic E-state index is 0.263. The van der Waals surface area contributed by atoms with Crippen molar-refractivity contribution < 1.29 is 0 Å². The molecule has 1 saturated carbocycles. The molecule has 1 unspecified atom stereocenters. The van der Waals surface area contributed by atoms with Gasteiger partial charge in [0.15, 0.2) is 0 Å². The zero-order valence-electron chi connectivity index (χ0n) is 11.8. The third-order valence-electron chi connectivity index (χ3n) is 4.28. The second kappa shape index (κ2) is 7.03. The highest BCUT2D eigenvalue weighted by molar-refractivity contribution is 5.04. The summed E-state index contributed by atoms with van der Waals surface area (Å²) in [5, 5.41) is 3.62. The van der Waals surface area contributed by atoms with E-state index in [1.807, 2.05) is 0 Å². The quantitative estimate of drug-likeness (QED) is 0.583. The summed E-state index contributed by atoms with van der Waals surface area (Å²) in [7, 11) is 4.43. The molecule has 98 valence electrons. The van der Waals surface area contributed by atoms with Crippen LogP contribution in [0.15, 0.2) is 0 Å². The predicted octanol–water partition coefficient (Wildman–Crippen LogP) is 2.64. The zero-order valence-corrected chi connectivity index (χ0v) is 11.8. The van der Waals surface area contributed by atoms with Gasteiger partial charge in [0.05, 0.1) is 0 Å². The van der Waals surface area contributed by atoms with Crippen molar-refractivity contribution in [3.05, 3.63) is 0 Å². The second-order valence-electron chi connectivity index (χ2n) is 5.43. The highest BCUT2D eigenvalue weighted by Gasteiger charge is 2.39. The van der Waals surface area contributed by atoms with Gasteiger partial charge in [0, 0.05) is 18.0 Å². The molecule has 0 heterocycles. The number of terminal acetylenes is 1. The molecule has 0 saturated heterocycles. The summed E-state index contributed by atoms with van der Waals surface area (Å²) in [5.41, 5.74) is 0.263. The first kappa shape index (κ1) is 14.5. The molecule has 1 aliphatic carbocycles. The van der Waals surface area contributed by atoms with Crippen LogP contribution in [-0.4, -0.2) is 37.1 Å². The van der Waals surface area contributed by atoms with Gasteiger partial charge < -0.3 is 10.2 Å². The van der Waals surface area contributed by atoms with Crippen LogP contribution in [0.4, 0.5) is 0 Å². The first-order chi connectivity index (χ1) is 8.17. The smallest absolute Gasteiger partial charge is 0.0365 e. The van der Waals surface area contributed by atoms with Gasteiger partial charge in [0.2, 0.25) is 0 Å². The van der Waals surface area contributed by atoms with E-state index in [1.165, 1.54) is 38.5 Å². The van der Waals surface area contributed by atoms with Gasteiger partial charge >= 0.3 is 0 Å². The summed E-state index contributed by atoms with van der Waals surface area (Å²) in [6, 6.07) is 0.436. The molecule has 0 bridgehead atoms. The van der Waals surface area contributed by atoms with Gasteiger partial charge in [-0.2, -0.15) is 0 Å². The van der Waals surface area contributed by atoms with Crippen molar-refractivity contribution in [1.29, 1.82) is 0 Å². The molecule has 2 heteroatoms. The maximum atomic E-state index is 5.56. The van der Waals surface area contributed by atoms with Gasteiger partial charge in [-0.3, -0.25) is 0 Å². The Morgan fingerprint density at radius 1 is 1.24 bits per heavy atom. The van der Waals surface area contributed by atoms with Crippen LogP contribution >= 0.6 is 0 Å². The maximum Gasteiger partial charge on any atom is 0.0365 e. The van der Waals surface area contributed by atoms with E-state index < -0.39 is 0 Å². The number of likely N-dealkylation sites (N-methyl/N-ethyl adjacent to an activating group) is 2. The van der Waals surface area contributed by atoms with Crippen molar-refractivity contribution in [1.82, 2.24) is 10.2 Å². The van der Waals surface area contributed by atoms with Crippen LogP contribution in [-0.2, 0) is 0 Å². The van der Waals surface area contributed by atoms with E-state index in [0.717, 1.165) is 13.0 Å². The molecular formula is C15H28N2. The Morgan fingerprint density at radius 2 is 1.82 bits per heavy atom. The van der Waals surface area contributed by atoms with Crippen LogP contribution in [0.5, 0.6) is 0 Å². The van der Waals surface area contributed by atoms with Crippen molar-refractivity contribution in [2.75, 3.05) is 20.6 Å². The van der Waals surface area contributed by atoms with Crippen molar-refractivity contribution in [3.63, 3.8) is 0 Å². The Morgan fingerprint density at radius 3 is 2.24 bits per heavy atom. The maximum absolute atomic E-state index is 5.56. The average Bonchev–Trinajstić information content (AvgIpc) is 2.55. The van der Waals surface area contributed by atoms with Crippen LogP contribution in [0, 0.1) is 12.3 Å². The van der Waals surface area contributed by atoms with Gasteiger partial charge in [0.25, 0.3) is 0 Å². The van der Waals surface area contributed by atoms with Gasteiger partial charge in [-0.25, -0.2) is 0 Å². The second-order valence-corrected chi connectivity index (χ2v) is 5.43. The molecule has 0 amide bonds. The van der Waals surface area contributed by atoms with Crippen molar-refractivity contribution in [2.24, 2.45) is 0 Å². The lowest BCUT2D eigenvalue weighted by atomic mass is 9.80.